The summed E-state index contributed by atoms with van der Waals surface area (Å²) in [7, 11) is 0. The molecule has 0 aliphatic carbocycles. The maximum atomic E-state index is 8.63. The zero-order valence-corrected chi connectivity index (χ0v) is 12.7. The minimum Gasteiger partial charge on any atom is -0.488 e. The first-order valence-corrected chi connectivity index (χ1v) is 6.92. The summed E-state index contributed by atoms with van der Waals surface area (Å²) < 4.78 is 6.41. The Labute approximate surface area is 129 Å². The highest BCUT2D eigenvalue weighted by Gasteiger charge is 2.07. The van der Waals surface area contributed by atoms with Crippen LogP contribution in [0.2, 0.25) is 5.02 Å². The van der Waals surface area contributed by atoms with Crippen molar-refractivity contribution in [1.29, 1.82) is 0 Å². The van der Waals surface area contributed by atoms with E-state index in [9.17, 15) is 0 Å². The smallest absolute Gasteiger partial charge is 0.170 e. The average Bonchev–Trinajstić information content (AvgIpc) is 2.46. The molecule has 0 saturated heterocycles. The van der Waals surface area contributed by atoms with E-state index in [1.807, 2.05) is 24.3 Å². The largest absolute Gasteiger partial charge is 0.488 e. The van der Waals surface area contributed by atoms with E-state index in [2.05, 4.69) is 21.1 Å². The van der Waals surface area contributed by atoms with Crippen LogP contribution in [0.15, 0.2) is 52.1 Å². The van der Waals surface area contributed by atoms with Crippen LogP contribution in [0, 0.1) is 0 Å². The molecule has 104 valence electrons. The third kappa shape index (κ3) is 3.43. The van der Waals surface area contributed by atoms with Crippen molar-refractivity contribution in [1.82, 2.24) is 0 Å². The average molecular weight is 356 g/mol. The molecule has 0 radical (unpaired) electrons. The molecule has 0 amide bonds. The molecule has 2 rings (SSSR count). The fraction of sp³-hybridized carbons (Fsp3) is 0.0714. The molecular weight excluding hydrogens is 344 g/mol. The first-order chi connectivity index (χ1) is 9.61. The lowest BCUT2D eigenvalue weighted by Gasteiger charge is -2.10. The monoisotopic (exact) mass is 354 g/mol. The van der Waals surface area contributed by atoms with Crippen molar-refractivity contribution in [2.24, 2.45) is 10.9 Å². The van der Waals surface area contributed by atoms with Crippen LogP contribution in [0.3, 0.4) is 0 Å². The summed E-state index contributed by atoms with van der Waals surface area (Å²) in [6.07, 6.45) is 0. The number of rotatable bonds is 4. The highest BCUT2D eigenvalue weighted by atomic mass is 79.9. The molecule has 0 fully saturated rings. The van der Waals surface area contributed by atoms with E-state index in [1.165, 1.54) is 0 Å². The Morgan fingerprint density at radius 3 is 2.70 bits per heavy atom. The summed E-state index contributed by atoms with van der Waals surface area (Å²) in [5, 5.41) is 12.2. The van der Waals surface area contributed by atoms with E-state index in [1.54, 1.807) is 18.2 Å². The predicted molar refractivity (Wildman–Crippen MR) is 82.4 cm³/mol. The Morgan fingerprint density at radius 1 is 1.30 bits per heavy atom. The van der Waals surface area contributed by atoms with Crippen molar-refractivity contribution in [2.75, 3.05) is 0 Å². The van der Waals surface area contributed by atoms with Crippen LogP contribution in [0.4, 0.5) is 0 Å². The Morgan fingerprint density at radius 2 is 2.05 bits per heavy atom. The molecule has 6 heteroatoms. The molecule has 0 saturated carbocycles. The summed E-state index contributed by atoms with van der Waals surface area (Å²) in [5.41, 5.74) is 7.02. The third-order valence-electron chi connectivity index (χ3n) is 2.68. The summed E-state index contributed by atoms with van der Waals surface area (Å²) in [4.78, 5) is 0. The van der Waals surface area contributed by atoms with Crippen LogP contribution < -0.4 is 10.5 Å². The normalized spacial score (nSPS) is 11.4. The van der Waals surface area contributed by atoms with Crippen LogP contribution in [-0.4, -0.2) is 11.0 Å². The lowest BCUT2D eigenvalue weighted by atomic mass is 10.2. The zero-order valence-electron chi connectivity index (χ0n) is 10.4. The standard InChI is InChI=1S/C14H12BrClN2O2/c15-11-7-9(14(17)18-19)5-6-13(11)20-8-10-3-1-2-4-12(10)16/h1-7,19H,8H2,(H2,17,18). The number of oxime groups is 1. The van der Waals surface area contributed by atoms with Gasteiger partial charge in [-0.1, -0.05) is 35.0 Å². The molecular formula is C14H12BrClN2O2. The van der Waals surface area contributed by atoms with Crippen LogP contribution >= 0.6 is 27.5 Å². The van der Waals surface area contributed by atoms with Gasteiger partial charge in [-0.15, -0.1) is 0 Å². The van der Waals surface area contributed by atoms with E-state index < -0.39 is 0 Å². The van der Waals surface area contributed by atoms with Crippen LogP contribution in [-0.2, 0) is 6.61 Å². The van der Waals surface area contributed by atoms with Gasteiger partial charge in [0.1, 0.15) is 12.4 Å². The molecule has 0 aromatic heterocycles. The number of halogens is 2. The van der Waals surface area contributed by atoms with E-state index in [-0.39, 0.29) is 5.84 Å². The minimum absolute atomic E-state index is 0.0448. The van der Waals surface area contributed by atoms with Crippen LogP contribution in [0.25, 0.3) is 0 Å². The zero-order chi connectivity index (χ0) is 14.5. The Hall–Kier alpha value is -1.72. The van der Waals surface area contributed by atoms with Gasteiger partial charge in [-0.05, 0) is 40.2 Å². The lowest BCUT2D eigenvalue weighted by Crippen LogP contribution is -2.12. The summed E-state index contributed by atoms with van der Waals surface area (Å²) in [6, 6.07) is 12.7. The van der Waals surface area contributed by atoms with Crippen molar-refractivity contribution in [3.8, 4) is 5.75 Å². The van der Waals surface area contributed by atoms with E-state index in [0.717, 1.165) is 5.56 Å². The molecule has 3 N–H and O–H groups in total. The van der Waals surface area contributed by atoms with Gasteiger partial charge in [0.15, 0.2) is 5.84 Å². The molecule has 2 aromatic carbocycles. The van der Waals surface area contributed by atoms with Gasteiger partial charge in [-0.25, -0.2) is 0 Å². The van der Waals surface area contributed by atoms with Gasteiger partial charge >= 0.3 is 0 Å². The van der Waals surface area contributed by atoms with Gasteiger partial charge in [-0.3, -0.25) is 0 Å². The molecule has 0 heterocycles. The number of hydrogen-bond acceptors (Lipinski definition) is 3. The highest BCUT2D eigenvalue weighted by Crippen LogP contribution is 2.27. The van der Waals surface area contributed by atoms with Gasteiger partial charge in [0, 0.05) is 16.1 Å². The number of ether oxygens (including phenoxy) is 1. The molecule has 0 unspecified atom stereocenters. The van der Waals surface area contributed by atoms with E-state index in [0.29, 0.717) is 27.4 Å². The second-order valence-corrected chi connectivity index (χ2v) is 5.27. The number of benzene rings is 2. The van der Waals surface area contributed by atoms with Crippen LogP contribution in [0.5, 0.6) is 5.75 Å². The van der Waals surface area contributed by atoms with Crippen molar-refractivity contribution in [3.63, 3.8) is 0 Å². The summed E-state index contributed by atoms with van der Waals surface area (Å²) in [5.74, 6) is 0.697. The molecule has 0 aliphatic heterocycles. The van der Waals surface area contributed by atoms with Crippen molar-refractivity contribution < 1.29 is 9.94 Å². The van der Waals surface area contributed by atoms with Gasteiger partial charge in [-0.2, -0.15) is 0 Å². The summed E-state index contributed by atoms with van der Waals surface area (Å²) >= 11 is 9.45. The number of amidine groups is 1. The first kappa shape index (κ1) is 14.7. The number of nitrogens with zero attached hydrogens (tertiary/aromatic N) is 1. The maximum Gasteiger partial charge on any atom is 0.170 e. The summed E-state index contributed by atoms with van der Waals surface area (Å²) in [6.45, 7) is 0.362. The fourth-order valence-electron chi connectivity index (χ4n) is 1.61. The van der Waals surface area contributed by atoms with E-state index in [4.69, 9.17) is 27.3 Å². The third-order valence-corrected chi connectivity index (χ3v) is 3.66. The second-order valence-electron chi connectivity index (χ2n) is 4.01. The molecule has 0 bridgehead atoms. The second kappa shape index (κ2) is 6.63. The number of nitrogens with two attached hydrogens (primary N) is 1. The molecule has 0 atom stereocenters. The molecule has 4 nitrogen and oxygen atoms in total. The quantitative estimate of drug-likeness (QED) is 0.379. The van der Waals surface area contributed by atoms with Gasteiger partial charge in [0.2, 0.25) is 0 Å². The highest BCUT2D eigenvalue weighted by molar-refractivity contribution is 9.10. The Balaban J connectivity index is 2.13. The van der Waals surface area contributed by atoms with Crippen LogP contribution in [0.1, 0.15) is 11.1 Å². The van der Waals surface area contributed by atoms with Gasteiger partial charge < -0.3 is 15.7 Å². The lowest BCUT2D eigenvalue weighted by molar-refractivity contribution is 0.304. The van der Waals surface area contributed by atoms with Crippen molar-refractivity contribution in [2.45, 2.75) is 6.61 Å². The van der Waals surface area contributed by atoms with Gasteiger partial charge in [0.25, 0.3) is 0 Å². The minimum atomic E-state index is 0.0448. The topological polar surface area (TPSA) is 67.8 Å². The van der Waals surface area contributed by atoms with Gasteiger partial charge in [0.05, 0.1) is 4.47 Å². The molecule has 0 aliphatic rings. The fourth-order valence-corrected chi connectivity index (χ4v) is 2.29. The molecule has 2 aromatic rings. The first-order valence-electron chi connectivity index (χ1n) is 5.75. The van der Waals surface area contributed by atoms with Crippen molar-refractivity contribution >= 4 is 33.4 Å². The van der Waals surface area contributed by atoms with Crippen molar-refractivity contribution in [3.05, 3.63) is 63.1 Å². The molecule has 0 spiro atoms. The SMILES string of the molecule is N/C(=N/O)c1ccc(OCc2ccccc2Cl)c(Br)c1. The Kier molecular flexibility index (Phi) is 4.87. The number of hydrogen-bond donors (Lipinski definition) is 2. The van der Waals surface area contributed by atoms with E-state index >= 15 is 0 Å². The Bertz CT molecular complexity index is 647. The predicted octanol–water partition coefficient (Wildman–Crippen LogP) is 3.78. The maximum absolute atomic E-state index is 8.63. The molecule has 20 heavy (non-hydrogen) atoms.